The molecule has 9 heteroatoms. The molecule has 0 aliphatic heterocycles. The Bertz CT molecular complexity index is 1210. The van der Waals surface area contributed by atoms with Gasteiger partial charge < -0.3 is 4.74 Å². The Morgan fingerprint density at radius 1 is 1.18 bits per heavy atom. The predicted octanol–water partition coefficient (Wildman–Crippen LogP) is 0.713. The Morgan fingerprint density at radius 3 is 2.50 bits per heavy atom. The number of aromatic nitrogens is 3. The fourth-order valence-electron chi connectivity index (χ4n) is 2.73. The average Bonchev–Trinajstić information content (AvgIpc) is 2.70. The third-order valence-corrected chi connectivity index (χ3v) is 4.36. The highest BCUT2D eigenvalue weighted by Gasteiger charge is 2.16. The molecule has 0 saturated carbocycles. The molecule has 1 N–H and O–H groups in total. The first kappa shape index (κ1) is 19.0. The van der Waals surface area contributed by atoms with Gasteiger partial charge in [-0.1, -0.05) is 0 Å². The van der Waals surface area contributed by atoms with Crippen LogP contribution in [0.5, 0.6) is 5.75 Å². The zero-order valence-corrected chi connectivity index (χ0v) is 15.9. The van der Waals surface area contributed by atoms with Crippen LogP contribution in [0.2, 0.25) is 0 Å². The van der Waals surface area contributed by atoms with Gasteiger partial charge in [0.2, 0.25) is 0 Å². The number of rotatable bonds is 4. The summed E-state index contributed by atoms with van der Waals surface area (Å²) in [5, 5.41) is 4.11. The van der Waals surface area contributed by atoms with Crippen LogP contribution < -0.4 is 21.4 Å². The lowest BCUT2D eigenvalue weighted by atomic mass is 10.1. The largest absolute Gasteiger partial charge is 0.497 e. The molecule has 3 rings (SSSR count). The van der Waals surface area contributed by atoms with E-state index < -0.39 is 17.2 Å². The van der Waals surface area contributed by atoms with Crippen molar-refractivity contribution in [3.05, 3.63) is 68.0 Å². The summed E-state index contributed by atoms with van der Waals surface area (Å²) in [6.07, 6.45) is 1.49. The topological polar surface area (TPSA) is 108 Å². The number of amides is 1. The van der Waals surface area contributed by atoms with Crippen LogP contribution in [-0.2, 0) is 14.1 Å². The highest BCUT2D eigenvalue weighted by molar-refractivity contribution is 5.98. The molecule has 9 nitrogen and oxygen atoms in total. The molecule has 0 radical (unpaired) electrons. The smallest absolute Gasteiger partial charge is 0.332 e. The minimum absolute atomic E-state index is 0.180. The molecule has 0 bridgehead atoms. The van der Waals surface area contributed by atoms with E-state index in [2.05, 4.69) is 15.5 Å². The van der Waals surface area contributed by atoms with E-state index >= 15 is 0 Å². The molecule has 0 fully saturated rings. The van der Waals surface area contributed by atoms with Crippen LogP contribution in [0.3, 0.4) is 0 Å². The number of hydrogen-bond acceptors (Lipinski definition) is 6. The van der Waals surface area contributed by atoms with E-state index in [-0.39, 0.29) is 16.6 Å². The fourth-order valence-corrected chi connectivity index (χ4v) is 2.73. The standard InChI is InChI=1S/C19H19N5O4/c1-11-14(9-15-16(21-11)23(2)19(27)24(3)18(15)26)17(25)22-20-10-12-5-7-13(28-4)8-6-12/h5-10H,1-4H3,(H,22,25)/b20-10+. The summed E-state index contributed by atoms with van der Waals surface area (Å²) in [6, 6.07) is 8.57. The lowest BCUT2D eigenvalue weighted by molar-refractivity contribution is 0.0954. The first-order valence-electron chi connectivity index (χ1n) is 8.38. The highest BCUT2D eigenvalue weighted by Crippen LogP contribution is 2.12. The summed E-state index contributed by atoms with van der Waals surface area (Å²) in [6.45, 7) is 1.63. The summed E-state index contributed by atoms with van der Waals surface area (Å²) >= 11 is 0. The van der Waals surface area contributed by atoms with E-state index in [4.69, 9.17) is 4.74 Å². The van der Waals surface area contributed by atoms with Crippen molar-refractivity contribution >= 4 is 23.2 Å². The molecule has 0 spiro atoms. The number of nitrogens with one attached hydrogen (secondary N) is 1. The number of ether oxygens (including phenoxy) is 1. The average molecular weight is 381 g/mol. The predicted molar refractivity (Wildman–Crippen MR) is 105 cm³/mol. The first-order chi connectivity index (χ1) is 13.3. The maximum Gasteiger partial charge on any atom is 0.332 e. The Morgan fingerprint density at radius 2 is 1.86 bits per heavy atom. The van der Waals surface area contributed by atoms with Crippen LogP contribution in [0.15, 0.2) is 45.0 Å². The highest BCUT2D eigenvalue weighted by atomic mass is 16.5. The van der Waals surface area contributed by atoms with Crippen LogP contribution in [0.25, 0.3) is 11.0 Å². The van der Waals surface area contributed by atoms with Gasteiger partial charge in [-0.3, -0.25) is 18.7 Å². The molecule has 1 aromatic carbocycles. The van der Waals surface area contributed by atoms with Crippen LogP contribution in [0.4, 0.5) is 0 Å². The summed E-state index contributed by atoms with van der Waals surface area (Å²) in [7, 11) is 4.48. The van der Waals surface area contributed by atoms with Crippen molar-refractivity contribution in [1.82, 2.24) is 19.5 Å². The van der Waals surface area contributed by atoms with E-state index in [0.717, 1.165) is 15.9 Å². The molecule has 0 unspecified atom stereocenters. The second kappa shape index (κ2) is 7.47. The van der Waals surface area contributed by atoms with Gasteiger partial charge >= 0.3 is 5.69 Å². The second-order valence-corrected chi connectivity index (χ2v) is 6.17. The van der Waals surface area contributed by atoms with Crippen LogP contribution >= 0.6 is 0 Å². The molecular formula is C19H19N5O4. The summed E-state index contributed by atoms with van der Waals surface area (Å²) in [5.74, 6) is 0.211. The van der Waals surface area contributed by atoms with E-state index in [0.29, 0.717) is 5.69 Å². The second-order valence-electron chi connectivity index (χ2n) is 6.17. The van der Waals surface area contributed by atoms with Crippen molar-refractivity contribution in [2.24, 2.45) is 19.2 Å². The summed E-state index contributed by atoms with van der Waals surface area (Å²) in [5.41, 5.74) is 3.02. The minimum Gasteiger partial charge on any atom is -0.497 e. The number of pyridine rings is 1. The number of hydrogen-bond donors (Lipinski definition) is 1. The lowest BCUT2D eigenvalue weighted by Gasteiger charge is -2.10. The van der Waals surface area contributed by atoms with E-state index in [9.17, 15) is 14.4 Å². The Hall–Kier alpha value is -3.75. The number of carbonyl (C=O) groups excluding carboxylic acids is 1. The van der Waals surface area contributed by atoms with Crippen LogP contribution in [0, 0.1) is 6.92 Å². The molecule has 0 aliphatic rings. The SMILES string of the molecule is COc1ccc(/C=N/NC(=O)c2cc3c(=O)n(C)c(=O)n(C)c3nc2C)cc1. The number of aryl methyl sites for hydroxylation is 2. The Labute approximate surface area is 159 Å². The van der Waals surface area contributed by atoms with Gasteiger partial charge in [-0.2, -0.15) is 5.10 Å². The van der Waals surface area contributed by atoms with E-state index in [1.54, 1.807) is 38.3 Å². The minimum atomic E-state index is -0.513. The lowest BCUT2D eigenvalue weighted by Crippen LogP contribution is -2.37. The molecule has 0 aliphatic carbocycles. The number of nitrogens with zero attached hydrogens (tertiary/aromatic N) is 4. The number of benzene rings is 1. The molecule has 0 atom stereocenters. The van der Waals surface area contributed by atoms with Crippen molar-refractivity contribution in [3.8, 4) is 5.75 Å². The van der Waals surface area contributed by atoms with Gasteiger partial charge in [0.15, 0.2) is 0 Å². The fraction of sp³-hybridized carbons (Fsp3) is 0.211. The third-order valence-electron chi connectivity index (χ3n) is 4.36. The van der Waals surface area contributed by atoms with Crippen LogP contribution in [0.1, 0.15) is 21.6 Å². The summed E-state index contributed by atoms with van der Waals surface area (Å²) in [4.78, 5) is 41.2. The Balaban J connectivity index is 1.91. The molecule has 2 aromatic heterocycles. The van der Waals surface area contributed by atoms with Crippen molar-refractivity contribution in [2.75, 3.05) is 7.11 Å². The number of methoxy groups -OCH3 is 1. The Kier molecular flexibility index (Phi) is 5.08. The number of hydrazone groups is 1. The third kappa shape index (κ3) is 3.41. The molecular weight excluding hydrogens is 362 g/mol. The van der Waals surface area contributed by atoms with Crippen molar-refractivity contribution in [2.45, 2.75) is 6.92 Å². The molecule has 1 amide bonds. The zero-order chi connectivity index (χ0) is 20.4. The van der Waals surface area contributed by atoms with E-state index in [1.807, 2.05) is 0 Å². The molecule has 0 saturated heterocycles. The van der Waals surface area contributed by atoms with Gasteiger partial charge in [0.1, 0.15) is 11.4 Å². The van der Waals surface area contributed by atoms with Gasteiger partial charge in [-0.15, -0.1) is 0 Å². The molecule has 3 aromatic rings. The first-order valence-corrected chi connectivity index (χ1v) is 8.38. The quantitative estimate of drug-likeness (QED) is 0.529. The normalized spacial score (nSPS) is 11.1. The van der Waals surface area contributed by atoms with Gasteiger partial charge in [0.05, 0.1) is 30.0 Å². The number of carbonyl (C=O) groups is 1. The van der Waals surface area contributed by atoms with Gasteiger partial charge in [0.25, 0.3) is 11.5 Å². The summed E-state index contributed by atoms with van der Waals surface area (Å²) < 4.78 is 7.33. The van der Waals surface area contributed by atoms with Crippen molar-refractivity contribution in [1.29, 1.82) is 0 Å². The van der Waals surface area contributed by atoms with E-state index in [1.165, 1.54) is 30.9 Å². The monoisotopic (exact) mass is 381 g/mol. The molecule has 144 valence electrons. The van der Waals surface area contributed by atoms with Crippen molar-refractivity contribution in [3.63, 3.8) is 0 Å². The van der Waals surface area contributed by atoms with Crippen molar-refractivity contribution < 1.29 is 9.53 Å². The van der Waals surface area contributed by atoms with Gasteiger partial charge in [-0.05, 0) is 42.8 Å². The molecule has 28 heavy (non-hydrogen) atoms. The van der Waals surface area contributed by atoms with Gasteiger partial charge in [0, 0.05) is 14.1 Å². The molecule has 2 heterocycles. The van der Waals surface area contributed by atoms with Gasteiger partial charge in [-0.25, -0.2) is 15.2 Å². The maximum absolute atomic E-state index is 12.5. The maximum atomic E-state index is 12.5. The van der Waals surface area contributed by atoms with Crippen LogP contribution in [-0.4, -0.2) is 33.3 Å². The number of fused-ring (bicyclic) bond motifs is 1. The zero-order valence-electron chi connectivity index (χ0n) is 15.9.